The third-order valence-corrected chi connectivity index (χ3v) is 5.97. The number of piperidine rings is 1. The van der Waals surface area contributed by atoms with Crippen molar-refractivity contribution in [1.82, 2.24) is 19.6 Å². The first kappa shape index (κ1) is 20.8. The Morgan fingerprint density at radius 2 is 1.93 bits per heavy atom. The molecule has 3 heterocycles. The number of aromatic nitrogens is 2. The van der Waals surface area contributed by atoms with Gasteiger partial charge in [0, 0.05) is 37.6 Å². The van der Waals surface area contributed by atoms with Gasteiger partial charge in [0.05, 0.1) is 13.1 Å². The van der Waals surface area contributed by atoms with E-state index in [2.05, 4.69) is 16.9 Å². The maximum absolute atomic E-state index is 13.0. The van der Waals surface area contributed by atoms with Crippen molar-refractivity contribution >= 4 is 5.91 Å². The second-order valence-electron chi connectivity index (χ2n) is 8.01. The Morgan fingerprint density at radius 1 is 1.17 bits per heavy atom. The van der Waals surface area contributed by atoms with Crippen LogP contribution in [0.4, 0.5) is 4.39 Å². The molecule has 1 amide bonds. The molecule has 0 saturated carbocycles. The van der Waals surface area contributed by atoms with Crippen molar-refractivity contribution in [1.29, 1.82) is 0 Å². The normalized spacial score (nSPS) is 21.2. The van der Waals surface area contributed by atoms with E-state index in [-0.39, 0.29) is 30.5 Å². The number of aryl methyl sites for hydroxylation is 1. The van der Waals surface area contributed by atoms with Crippen molar-refractivity contribution < 1.29 is 18.7 Å². The molecule has 2 aliphatic rings. The number of hydrogen-bond donors (Lipinski definition) is 0. The average molecular weight is 416 g/mol. The molecule has 162 valence electrons. The van der Waals surface area contributed by atoms with Gasteiger partial charge in [-0.05, 0) is 50.1 Å². The third-order valence-electron chi connectivity index (χ3n) is 5.97. The second-order valence-corrected chi connectivity index (χ2v) is 8.01. The summed E-state index contributed by atoms with van der Waals surface area (Å²) in [7, 11) is 0. The number of carbonyl (C=O) groups is 1. The molecule has 0 bridgehead atoms. The Morgan fingerprint density at radius 3 is 2.63 bits per heavy atom. The summed E-state index contributed by atoms with van der Waals surface area (Å²) in [6.07, 6.45) is 3.60. The number of amides is 1. The van der Waals surface area contributed by atoms with E-state index in [0.717, 1.165) is 39.0 Å². The van der Waals surface area contributed by atoms with Gasteiger partial charge in [-0.3, -0.25) is 9.48 Å². The van der Waals surface area contributed by atoms with E-state index in [0.29, 0.717) is 18.9 Å². The SMILES string of the molecule is Cc1ccnn1CCN1CCC(N2C[C@@H](COc3ccc(F)cc3)OCC2=O)CC1. The molecule has 1 aromatic carbocycles. The second kappa shape index (κ2) is 9.57. The lowest BCUT2D eigenvalue weighted by Crippen LogP contribution is -2.55. The van der Waals surface area contributed by atoms with Gasteiger partial charge in [0.25, 0.3) is 0 Å². The van der Waals surface area contributed by atoms with Gasteiger partial charge in [-0.1, -0.05) is 0 Å². The first-order valence-corrected chi connectivity index (χ1v) is 10.6. The zero-order valence-electron chi connectivity index (χ0n) is 17.4. The predicted molar refractivity (Wildman–Crippen MR) is 110 cm³/mol. The van der Waals surface area contributed by atoms with Crippen molar-refractivity contribution in [3.05, 3.63) is 48.0 Å². The van der Waals surface area contributed by atoms with E-state index >= 15 is 0 Å². The maximum Gasteiger partial charge on any atom is 0.248 e. The number of morpholine rings is 1. The highest BCUT2D eigenvalue weighted by Crippen LogP contribution is 2.21. The average Bonchev–Trinajstić information content (AvgIpc) is 3.18. The third kappa shape index (κ3) is 5.17. The number of benzene rings is 1. The van der Waals surface area contributed by atoms with E-state index in [1.54, 1.807) is 12.1 Å². The first-order valence-electron chi connectivity index (χ1n) is 10.6. The van der Waals surface area contributed by atoms with Crippen LogP contribution < -0.4 is 4.74 Å². The number of halogens is 1. The lowest BCUT2D eigenvalue weighted by atomic mass is 10.0. The number of likely N-dealkylation sites (tertiary alicyclic amines) is 1. The summed E-state index contributed by atoms with van der Waals surface area (Å²) >= 11 is 0. The summed E-state index contributed by atoms with van der Waals surface area (Å²) in [4.78, 5) is 16.9. The largest absolute Gasteiger partial charge is 0.491 e. The monoisotopic (exact) mass is 416 g/mol. The van der Waals surface area contributed by atoms with Gasteiger partial charge in [0.2, 0.25) is 5.91 Å². The van der Waals surface area contributed by atoms with Crippen LogP contribution in [0.1, 0.15) is 18.5 Å². The van der Waals surface area contributed by atoms with Crippen LogP contribution in [0.2, 0.25) is 0 Å². The van der Waals surface area contributed by atoms with Crippen LogP contribution in [0, 0.1) is 12.7 Å². The molecule has 7 nitrogen and oxygen atoms in total. The van der Waals surface area contributed by atoms with Gasteiger partial charge >= 0.3 is 0 Å². The lowest BCUT2D eigenvalue weighted by molar-refractivity contribution is -0.155. The molecule has 1 aromatic heterocycles. The van der Waals surface area contributed by atoms with Gasteiger partial charge in [0.1, 0.15) is 30.9 Å². The van der Waals surface area contributed by atoms with E-state index in [1.165, 1.54) is 17.8 Å². The highest BCUT2D eigenvalue weighted by molar-refractivity contribution is 5.78. The highest BCUT2D eigenvalue weighted by atomic mass is 19.1. The van der Waals surface area contributed by atoms with Gasteiger partial charge in [-0.25, -0.2) is 4.39 Å². The predicted octanol–water partition coefficient (Wildman–Crippen LogP) is 2.10. The van der Waals surface area contributed by atoms with Gasteiger partial charge in [-0.15, -0.1) is 0 Å². The zero-order chi connectivity index (χ0) is 20.9. The number of carbonyl (C=O) groups excluding carboxylic acids is 1. The summed E-state index contributed by atoms with van der Waals surface area (Å²) in [6.45, 7) is 6.87. The van der Waals surface area contributed by atoms with Crippen molar-refractivity contribution in [3.63, 3.8) is 0 Å². The quantitative estimate of drug-likeness (QED) is 0.692. The van der Waals surface area contributed by atoms with E-state index < -0.39 is 0 Å². The summed E-state index contributed by atoms with van der Waals surface area (Å²) in [5.41, 5.74) is 1.18. The fourth-order valence-corrected chi connectivity index (χ4v) is 4.14. The van der Waals surface area contributed by atoms with Crippen LogP contribution in [-0.4, -0.2) is 77.0 Å². The minimum absolute atomic E-state index is 0.0543. The van der Waals surface area contributed by atoms with E-state index in [1.807, 2.05) is 21.8 Å². The lowest BCUT2D eigenvalue weighted by Gasteiger charge is -2.42. The van der Waals surface area contributed by atoms with Gasteiger partial charge in [0.15, 0.2) is 0 Å². The van der Waals surface area contributed by atoms with Crippen molar-refractivity contribution in [2.45, 2.75) is 38.5 Å². The van der Waals surface area contributed by atoms with Crippen molar-refractivity contribution in [2.24, 2.45) is 0 Å². The molecule has 2 aromatic rings. The summed E-state index contributed by atoms with van der Waals surface area (Å²) < 4.78 is 26.4. The van der Waals surface area contributed by atoms with Crippen LogP contribution in [0.25, 0.3) is 0 Å². The van der Waals surface area contributed by atoms with Crippen LogP contribution in [0.3, 0.4) is 0 Å². The molecule has 30 heavy (non-hydrogen) atoms. The van der Waals surface area contributed by atoms with Crippen molar-refractivity contribution in [2.75, 3.05) is 39.4 Å². The Balaban J connectivity index is 1.23. The Hall–Kier alpha value is -2.45. The molecule has 0 unspecified atom stereocenters. The molecule has 2 fully saturated rings. The molecule has 2 aliphatic heterocycles. The molecular weight excluding hydrogens is 387 g/mol. The molecule has 0 N–H and O–H groups in total. The smallest absolute Gasteiger partial charge is 0.248 e. The number of nitrogens with zero attached hydrogens (tertiary/aromatic N) is 4. The molecule has 4 rings (SSSR count). The van der Waals surface area contributed by atoms with Crippen molar-refractivity contribution in [3.8, 4) is 5.75 Å². The van der Waals surface area contributed by atoms with Crippen LogP contribution in [0.5, 0.6) is 5.75 Å². The summed E-state index contributed by atoms with van der Waals surface area (Å²) in [6, 6.07) is 8.20. The molecule has 1 atom stereocenters. The Labute approximate surface area is 176 Å². The summed E-state index contributed by atoms with van der Waals surface area (Å²) in [5, 5.41) is 4.34. The topological polar surface area (TPSA) is 59.8 Å². The fraction of sp³-hybridized carbons (Fsp3) is 0.545. The molecular formula is C22H29FN4O3. The fourth-order valence-electron chi connectivity index (χ4n) is 4.14. The molecule has 2 saturated heterocycles. The number of ether oxygens (including phenoxy) is 2. The van der Waals surface area contributed by atoms with E-state index in [9.17, 15) is 9.18 Å². The number of rotatable bonds is 7. The standard InChI is InChI=1S/C22H29FN4O3/c1-17-6-9-24-27(17)13-12-25-10-7-19(8-11-25)26-14-21(30-16-22(26)28)15-29-20-4-2-18(23)3-5-20/h2-6,9,19,21H,7-8,10-16H2,1H3/t21-/m0/s1. The van der Waals surface area contributed by atoms with Gasteiger partial charge in [-0.2, -0.15) is 5.10 Å². The minimum Gasteiger partial charge on any atom is -0.491 e. The molecule has 0 radical (unpaired) electrons. The Bertz CT molecular complexity index is 833. The van der Waals surface area contributed by atoms with E-state index in [4.69, 9.17) is 9.47 Å². The van der Waals surface area contributed by atoms with Crippen LogP contribution >= 0.6 is 0 Å². The summed E-state index contributed by atoms with van der Waals surface area (Å²) in [5.74, 6) is 0.363. The number of hydrogen-bond acceptors (Lipinski definition) is 5. The molecule has 0 aliphatic carbocycles. The Kier molecular flexibility index (Phi) is 6.64. The van der Waals surface area contributed by atoms with Gasteiger partial charge < -0.3 is 19.3 Å². The zero-order valence-corrected chi connectivity index (χ0v) is 17.4. The van der Waals surface area contributed by atoms with Crippen LogP contribution in [-0.2, 0) is 16.1 Å². The van der Waals surface area contributed by atoms with Crippen LogP contribution in [0.15, 0.2) is 36.5 Å². The maximum atomic E-state index is 13.0. The highest BCUT2D eigenvalue weighted by Gasteiger charge is 2.33. The molecule has 8 heteroatoms. The minimum atomic E-state index is -0.292. The first-order chi connectivity index (χ1) is 14.6. The molecule has 0 spiro atoms.